The van der Waals surface area contributed by atoms with Crippen LogP contribution in [0, 0.1) is 0 Å². The number of amidine groups is 1. The first-order chi connectivity index (χ1) is 18.1. The molecule has 1 aliphatic rings. The van der Waals surface area contributed by atoms with Gasteiger partial charge in [-0.1, -0.05) is 65.7 Å². The van der Waals surface area contributed by atoms with E-state index >= 15 is 0 Å². The molecule has 2 heterocycles. The molecular formula is C28H19Cl2N3O3S. The summed E-state index contributed by atoms with van der Waals surface area (Å²) in [6.07, 6.45) is 4.87. The zero-order valence-corrected chi connectivity index (χ0v) is 21.6. The number of nitrogens with zero attached hydrogens (tertiary/aromatic N) is 3. The average molecular weight is 548 g/mol. The van der Waals surface area contributed by atoms with E-state index in [1.165, 1.54) is 22.9 Å². The highest BCUT2D eigenvalue weighted by molar-refractivity contribution is 8.18. The van der Waals surface area contributed by atoms with Gasteiger partial charge in [0.2, 0.25) is 0 Å². The van der Waals surface area contributed by atoms with Gasteiger partial charge >= 0.3 is 0 Å². The molecule has 4 aromatic rings. The molecule has 0 spiro atoms. The number of hydrogen-bond donors (Lipinski definition) is 0. The maximum atomic E-state index is 13.3. The van der Waals surface area contributed by atoms with E-state index in [0.29, 0.717) is 37.2 Å². The number of amides is 1. The van der Waals surface area contributed by atoms with E-state index in [9.17, 15) is 4.79 Å². The van der Waals surface area contributed by atoms with E-state index in [4.69, 9.17) is 32.4 Å². The number of carbonyl (C=O) groups excluding carboxylic acids is 1. The molecule has 0 aliphatic carbocycles. The van der Waals surface area contributed by atoms with Crippen molar-refractivity contribution in [2.45, 2.75) is 6.54 Å². The molecule has 6 nitrogen and oxygen atoms in total. The van der Waals surface area contributed by atoms with Gasteiger partial charge in [0.05, 0.1) is 34.0 Å². The van der Waals surface area contributed by atoms with Gasteiger partial charge in [0.1, 0.15) is 17.3 Å². The highest BCUT2D eigenvalue weighted by atomic mass is 35.5. The Labute approximate surface area is 227 Å². The summed E-state index contributed by atoms with van der Waals surface area (Å²) in [6, 6.07) is 25.9. The van der Waals surface area contributed by atoms with Gasteiger partial charge in [0, 0.05) is 5.56 Å². The van der Waals surface area contributed by atoms with Crippen molar-refractivity contribution in [1.82, 2.24) is 4.90 Å². The quantitative estimate of drug-likeness (QED) is 0.134. The topological polar surface area (TPSA) is 67.4 Å². The number of benzene rings is 3. The molecule has 9 heteroatoms. The largest absolute Gasteiger partial charge is 0.467 e. The van der Waals surface area contributed by atoms with Crippen LogP contribution >= 0.6 is 35.0 Å². The number of hydrogen-bond acceptors (Lipinski definition) is 6. The van der Waals surface area contributed by atoms with Gasteiger partial charge < -0.3 is 9.15 Å². The standard InChI is InChI=1S/C28H19Cl2N3O3S/c29-24-13-5-8-20(26(24)30)17-31-32-28-33(18-23-12-6-14-35-23)27(34)25(37-28)16-19-7-4-11-22(15-19)36-21-9-2-1-3-10-21/h1-17H,18H2/b25-16-,31-17-,32-28+. The molecule has 0 atom stereocenters. The van der Waals surface area contributed by atoms with Crippen molar-refractivity contribution in [2.24, 2.45) is 10.2 Å². The number of halogens is 2. The van der Waals surface area contributed by atoms with Crippen molar-refractivity contribution in [2.75, 3.05) is 0 Å². The summed E-state index contributed by atoms with van der Waals surface area (Å²) in [6.45, 7) is 0.222. The fourth-order valence-corrected chi connectivity index (χ4v) is 4.78. The summed E-state index contributed by atoms with van der Waals surface area (Å²) < 4.78 is 11.4. The van der Waals surface area contributed by atoms with E-state index in [1.807, 2.05) is 54.6 Å². The molecule has 0 saturated carbocycles. The van der Waals surface area contributed by atoms with E-state index in [2.05, 4.69) is 10.2 Å². The second-order valence-electron chi connectivity index (χ2n) is 7.84. The Morgan fingerprint density at radius 2 is 1.76 bits per heavy atom. The van der Waals surface area contributed by atoms with Crippen LogP contribution in [0.2, 0.25) is 10.0 Å². The van der Waals surface area contributed by atoms with Crippen LogP contribution in [0.3, 0.4) is 0 Å². The highest BCUT2D eigenvalue weighted by Crippen LogP contribution is 2.34. The number of furan rings is 1. The lowest BCUT2D eigenvalue weighted by molar-refractivity contribution is -0.122. The monoisotopic (exact) mass is 547 g/mol. The summed E-state index contributed by atoms with van der Waals surface area (Å²) in [5.74, 6) is 1.82. The van der Waals surface area contributed by atoms with Crippen LogP contribution in [0.1, 0.15) is 16.9 Å². The number of rotatable bonds is 7. The van der Waals surface area contributed by atoms with Crippen molar-refractivity contribution in [3.05, 3.63) is 123 Å². The van der Waals surface area contributed by atoms with Gasteiger partial charge in [-0.3, -0.25) is 9.69 Å². The first-order valence-electron chi connectivity index (χ1n) is 11.2. The minimum Gasteiger partial charge on any atom is -0.467 e. The van der Waals surface area contributed by atoms with Crippen LogP contribution < -0.4 is 4.74 Å². The number of carbonyl (C=O) groups is 1. The van der Waals surface area contributed by atoms with E-state index in [1.54, 1.807) is 42.7 Å². The maximum Gasteiger partial charge on any atom is 0.267 e. The van der Waals surface area contributed by atoms with Crippen LogP contribution in [-0.4, -0.2) is 22.2 Å². The van der Waals surface area contributed by atoms with E-state index in [0.717, 1.165) is 11.3 Å². The van der Waals surface area contributed by atoms with Crippen LogP contribution in [0.4, 0.5) is 0 Å². The smallest absolute Gasteiger partial charge is 0.267 e. The average Bonchev–Trinajstić information content (AvgIpc) is 3.52. The third-order valence-electron chi connectivity index (χ3n) is 5.24. The van der Waals surface area contributed by atoms with Crippen molar-refractivity contribution >= 4 is 58.3 Å². The lowest BCUT2D eigenvalue weighted by Gasteiger charge is -2.12. The Morgan fingerprint density at radius 1 is 0.946 bits per heavy atom. The Kier molecular flexibility index (Phi) is 7.75. The minimum absolute atomic E-state index is 0.203. The van der Waals surface area contributed by atoms with Crippen molar-refractivity contribution in [3.63, 3.8) is 0 Å². The minimum atomic E-state index is -0.203. The SMILES string of the molecule is O=C1/C(=C/c2cccc(Oc3ccccc3)c2)S/C(=N/N=C\c2cccc(Cl)c2Cl)N1Cc1ccco1. The molecule has 1 aliphatic heterocycles. The molecule has 0 N–H and O–H groups in total. The van der Waals surface area contributed by atoms with Crippen LogP contribution in [-0.2, 0) is 11.3 Å². The Morgan fingerprint density at radius 3 is 2.57 bits per heavy atom. The summed E-state index contributed by atoms with van der Waals surface area (Å²) in [4.78, 5) is 15.4. The molecule has 0 bridgehead atoms. The molecule has 3 aromatic carbocycles. The number of para-hydroxylation sites is 1. The van der Waals surface area contributed by atoms with E-state index < -0.39 is 0 Å². The van der Waals surface area contributed by atoms with E-state index in [-0.39, 0.29) is 12.5 Å². The Bertz CT molecular complexity index is 1500. The number of ether oxygens (including phenoxy) is 1. The van der Waals surface area contributed by atoms with Gasteiger partial charge in [0.25, 0.3) is 5.91 Å². The molecule has 1 fully saturated rings. The Hall–Kier alpha value is -3.78. The molecule has 5 rings (SSSR count). The van der Waals surface area contributed by atoms with Gasteiger partial charge in [-0.15, -0.1) is 5.10 Å². The van der Waals surface area contributed by atoms with Crippen molar-refractivity contribution in [3.8, 4) is 11.5 Å². The lowest BCUT2D eigenvalue weighted by atomic mass is 10.2. The van der Waals surface area contributed by atoms with Gasteiger partial charge in [-0.2, -0.15) is 5.10 Å². The molecular weight excluding hydrogens is 529 g/mol. The summed E-state index contributed by atoms with van der Waals surface area (Å²) in [5, 5.41) is 9.70. The van der Waals surface area contributed by atoms with Crippen molar-refractivity contribution < 1.29 is 13.9 Å². The molecule has 1 amide bonds. The molecule has 1 saturated heterocycles. The maximum absolute atomic E-state index is 13.3. The Balaban J connectivity index is 1.41. The first kappa shape index (κ1) is 24.9. The second kappa shape index (κ2) is 11.5. The third kappa shape index (κ3) is 6.14. The molecule has 1 aromatic heterocycles. The fraction of sp³-hybridized carbons (Fsp3) is 0.0357. The third-order valence-corrected chi connectivity index (χ3v) is 7.07. The van der Waals surface area contributed by atoms with Gasteiger partial charge in [0.15, 0.2) is 5.17 Å². The second-order valence-corrected chi connectivity index (χ2v) is 9.63. The van der Waals surface area contributed by atoms with Crippen LogP contribution in [0.15, 0.2) is 111 Å². The fourth-order valence-electron chi connectivity index (χ4n) is 3.48. The molecule has 0 unspecified atom stereocenters. The zero-order valence-electron chi connectivity index (χ0n) is 19.3. The van der Waals surface area contributed by atoms with Gasteiger partial charge in [-0.05, 0) is 65.9 Å². The highest BCUT2D eigenvalue weighted by Gasteiger charge is 2.34. The van der Waals surface area contributed by atoms with Crippen LogP contribution in [0.5, 0.6) is 11.5 Å². The summed E-state index contributed by atoms with van der Waals surface area (Å²) in [7, 11) is 0. The normalized spacial score (nSPS) is 15.8. The van der Waals surface area contributed by atoms with Crippen molar-refractivity contribution in [1.29, 1.82) is 0 Å². The zero-order chi connectivity index (χ0) is 25.6. The van der Waals surface area contributed by atoms with Crippen LogP contribution in [0.25, 0.3) is 6.08 Å². The number of thioether (sulfide) groups is 1. The molecule has 184 valence electrons. The van der Waals surface area contributed by atoms with Gasteiger partial charge in [-0.25, -0.2) is 0 Å². The predicted molar refractivity (Wildman–Crippen MR) is 149 cm³/mol. The summed E-state index contributed by atoms with van der Waals surface area (Å²) in [5.41, 5.74) is 1.44. The summed E-state index contributed by atoms with van der Waals surface area (Å²) >= 11 is 13.5. The molecule has 0 radical (unpaired) electrons. The lowest BCUT2D eigenvalue weighted by Crippen LogP contribution is -2.28. The first-order valence-corrected chi connectivity index (χ1v) is 12.8. The molecule has 37 heavy (non-hydrogen) atoms. The predicted octanol–water partition coefficient (Wildman–Crippen LogP) is 7.89.